The van der Waals surface area contributed by atoms with Crippen LogP contribution in [0, 0.1) is 6.92 Å². The number of anilines is 1. The molecule has 118 valence electrons. The van der Waals surface area contributed by atoms with E-state index in [9.17, 15) is 4.79 Å². The largest absolute Gasteiger partial charge is 0.354 e. The summed E-state index contributed by atoms with van der Waals surface area (Å²) in [5.74, 6) is 0.518. The predicted octanol–water partition coefficient (Wildman–Crippen LogP) is 3.26. The van der Waals surface area contributed by atoms with Crippen LogP contribution < -0.4 is 5.32 Å². The second kappa shape index (κ2) is 9.32. The summed E-state index contributed by atoms with van der Waals surface area (Å²) in [4.78, 5) is 22.8. The van der Waals surface area contributed by atoms with Crippen LogP contribution in [0.1, 0.15) is 62.1 Å². The summed E-state index contributed by atoms with van der Waals surface area (Å²) in [6.07, 6.45) is 5.54. The van der Waals surface area contributed by atoms with Gasteiger partial charge in [0.1, 0.15) is 5.69 Å². The zero-order valence-corrected chi connectivity index (χ0v) is 13.8. The molecule has 0 radical (unpaired) electrons. The van der Waals surface area contributed by atoms with Gasteiger partial charge in [0.15, 0.2) is 0 Å². The van der Waals surface area contributed by atoms with Crippen molar-refractivity contribution in [2.45, 2.75) is 52.9 Å². The number of carbonyl (C=O) groups excluding carboxylic acids is 1. The average Bonchev–Trinajstić information content (AvgIpc) is 2.48. The SMILES string of the molecule is CCCCCNc1nc(C)cc(C(=O)N(C)CCCC)n1. The minimum absolute atomic E-state index is 0.0365. The predicted molar refractivity (Wildman–Crippen MR) is 86.7 cm³/mol. The lowest BCUT2D eigenvalue weighted by molar-refractivity contribution is 0.0787. The molecule has 0 fully saturated rings. The Morgan fingerprint density at radius 2 is 1.90 bits per heavy atom. The third-order valence-corrected chi connectivity index (χ3v) is 3.33. The summed E-state index contributed by atoms with van der Waals surface area (Å²) < 4.78 is 0. The van der Waals surface area contributed by atoms with Crippen molar-refractivity contribution in [1.82, 2.24) is 14.9 Å². The van der Waals surface area contributed by atoms with E-state index >= 15 is 0 Å². The van der Waals surface area contributed by atoms with E-state index in [4.69, 9.17) is 0 Å². The number of unbranched alkanes of at least 4 members (excludes halogenated alkanes) is 3. The molecule has 0 unspecified atom stereocenters. The van der Waals surface area contributed by atoms with Gasteiger partial charge in [-0.1, -0.05) is 33.1 Å². The van der Waals surface area contributed by atoms with Crippen molar-refractivity contribution in [2.75, 3.05) is 25.5 Å². The normalized spacial score (nSPS) is 10.5. The van der Waals surface area contributed by atoms with Crippen LogP contribution in [-0.4, -0.2) is 40.9 Å². The van der Waals surface area contributed by atoms with Gasteiger partial charge >= 0.3 is 0 Å². The highest BCUT2D eigenvalue weighted by atomic mass is 16.2. The molecule has 21 heavy (non-hydrogen) atoms. The van der Waals surface area contributed by atoms with E-state index in [0.717, 1.165) is 38.0 Å². The molecule has 1 aromatic rings. The molecule has 0 saturated heterocycles. The molecular formula is C16H28N4O. The lowest BCUT2D eigenvalue weighted by atomic mass is 10.2. The number of amides is 1. The molecule has 1 amide bonds. The molecule has 0 bridgehead atoms. The van der Waals surface area contributed by atoms with Gasteiger partial charge in [-0.05, 0) is 25.8 Å². The highest BCUT2D eigenvalue weighted by Gasteiger charge is 2.14. The molecule has 0 aliphatic heterocycles. The van der Waals surface area contributed by atoms with Crippen LogP contribution >= 0.6 is 0 Å². The lowest BCUT2D eigenvalue weighted by Crippen LogP contribution is -2.29. The highest BCUT2D eigenvalue weighted by molar-refractivity contribution is 5.92. The Labute approximate surface area is 128 Å². The molecule has 5 heteroatoms. The standard InChI is InChI=1S/C16H28N4O/c1-5-7-9-10-17-16-18-13(3)12-14(19-16)15(21)20(4)11-8-6-2/h12H,5-11H2,1-4H3,(H,17,18,19). The Morgan fingerprint density at radius 3 is 2.57 bits per heavy atom. The summed E-state index contributed by atoms with van der Waals surface area (Å²) in [6.45, 7) is 7.79. The quantitative estimate of drug-likeness (QED) is 0.710. The van der Waals surface area contributed by atoms with Crippen molar-refractivity contribution in [2.24, 2.45) is 0 Å². The minimum Gasteiger partial charge on any atom is -0.354 e. The average molecular weight is 292 g/mol. The van der Waals surface area contributed by atoms with Crippen molar-refractivity contribution in [3.8, 4) is 0 Å². The van der Waals surface area contributed by atoms with Crippen molar-refractivity contribution in [3.05, 3.63) is 17.5 Å². The van der Waals surface area contributed by atoms with E-state index in [2.05, 4.69) is 29.1 Å². The molecule has 1 rings (SSSR count). The first-order valence-corrected chi connectivity index (χ1v) is 7.93. The van der Waals surface area contributed by atoms with E-state index in [1.165, 1.54) is 12.8 Å². The summed E-state index contributed by atoms with van der Waals surface area (Å²) in [5.41, 5.74) is 1.29. The maximum atomic E-state index is 12.3. The number of carbonyl (C=O) groups is 1. The summed E-state index contributed by atoms with van der Waals surface area (Å²) in [5, 5.41) is 3.20. The second-order valence-electron chi connectivity index (χ2n) is 5.43. The van der Waals surface area contributed by atoms with Crippen LogP contribution in [0.5, 0.6) is 0 Å². The van der Waals surface area contributed by atoms with E-state index in [0.29, 0.717) is 11.6 Å². The molecule has 0 aliphatic carbocycles. The molecule has 0 saturated carbocycles. The number of hydrogen-bond donors (Lipinski definition) is 1. The number of hydrogen-bond acceptors (Lipinski definition) is 4. The molecule has 0 atom stereocenters. The topological polar surface area (TPSA) is 58.1 Å². The summed E-state index contributed by atoms with van der Waals surface area (Å²) in [6, 6.07) is 1.75. The minimum atomic E-state index is -0.0365. The van der Waals surface area contributed by atoms with Gasteiger partial charge in [0.05, 0.1) is 0 Å². The molecule has 5 nitrogen and oxygen atoms in total. The Bertz CT molecular complexity index is 448. The van der Waals surface area contributed by atoms with Crippen LogP contribution in [0.4, 0.5) is 5.95 Å². The van der Waals surface area contributed by atoms with Gasteiger partial charge in [0, 0.05) is 25.8 Å². The second-order valence-corrected chi connectivity index (χ2v) is 5.43. The first kappa shape index (κ1) is 17.4. The first-order chi connectivity index (χ1) is 10.1. The summed E-state index contributed by atoms with van der Waals surface area (Å²) in [7, 11) is 1.82. The van der Waals surface area contributed by atoms with Crippen molar-refractivity contribution in [1.29, 1.82) is 0 Å². The van der Waals surface area contributed by atoms with Gasteiger partial charge in [-0.2, -0.15) is 0 Å². The monoisotopic (exact) mass is 292 g/mol. The van der Waals surface area contributed by atoms with Crippen molar-refractivity contribution >= 4 is 11.9 Å². The Morgan fingerprint density at radius 1 is 1.19 bits per heavy atom. The maximum absolute atomic E-state index is 12.3. The fourth-order valence-electron chi connectivity index (χ4n) is 2.02. The molecule has 0 spiro atoms. The van der Waals surface area contributed by atoms with Crippen molar-refractivity contribution in [3.63, 3.8) is 0 Å². The number of nitrogens with one attached hydrogen (secondary N) is 1. The van der Waals surface area contributed by atoms with Crippen LogP contribution in [-0.2, 0) is 0 Å². The molecule has 1 aromatic heterocycles. The fraction of sp³-hybridized carbons (Fsp3) is 0.688. The number of aryl methyl sites for hydroxylation is 1. The van der Waals surface area contributed by atoms with Crippen LogP contribution in [0.25, 0.3) is 0 Å². The van der Waals surface area contributed by atoms with Gasteiger partial charge < -0.3 is 10.2 Å². The third-order valence-electron chi connectivity index (χ3n) is 3.33. The Hall–Kier alpha value is -1.65. The van der Waals surface area contributed by atoms with Crippen LogP contribution in [0.15, 0.2) is 6.07 Å². The zero-order chi connectivity index (χ0) is 15.7. The maximum Gasteiger partial charge on any atom is 0.272 e. The van der Waals surface area contributed by atoms with Gasteiger partial charge in [-0.25, -0.2) is 9.97 Å². The Balaban J connectivity index is 2.69. The highest BCUT2D eigenvalue weighted by Crippen LogP contribution is 2.08. The lowest BCUT2D eigenvalue weighted by Gasteiger charge is -2.16. The van der Waals surface area contributed by atoms with Gasteiger partial charge in [0.2, 0.25) is 5.95 Å². The van der Waals surface area contributed by atoms with E-state index in [-0.39, 0.29) is 5.91 Å². The van der Waals surface area contributed by atoms with Crippen LogP contribution in [0.2, 0.25) is 0 Å². The number of aromatic nitrogens is 2. The number of nitrogens with zero attached hydrogens (tertiary/aromatic N) is 3. The van der Waals surface area contributed by atoms with Gasteiger partial charge in [0.25, 0.3) is 5.91 Å². The van der Waals surface area contributed by atoms with E-state index < -0.39 is 0 Å². The molecule has 1 heterocycles. The van der Waals surface area contributed by atoms with Gasteiger partial charge in [-0.3, -0.25) is 4.79 Å². The molecule has 1 N–H and O–H groups in total. The molecule has 0 aromatic carbocycles. The summed E-state index contributed by atoms with van der Waals surface area (Å²) >= 11 is 0. The van der Waals surface area contributed by atoms with E-state index in [1.807, 2.05) is 14.0 Å². The number of rotatable bonds is 9. The van der Waals surface area contributed by atoms with Crippen molar-refractivity contribution < 1.29 is 4.79 Å². The first-order valence-electron chi connectivity index (χ1n) is 7.93. The molecular weight excluding hydrogens is 264 g/mol. The third kappa shape index (κ3) is 6.10. The van der Waals surface area contributed by atoms with E-state index in [1.54, 1.807) is 11.0 Å². The smallest absolute Gasteiger partial charge is 0.272 e. The van der Waals surface area contributed by atoms with Crippen LogP contribution in [0.3, 0.4) is 0 Å². The van der Waals surface area contributed by atoms with Gasteiger partial charge in [-0.15, -0.1) is 0 Å². The Kier molecular flexibility index (Phi) is 7.72. The molecule has 0 aliphatic rings. The fourth-order valence-corrected chi connectivity index (χ4v) is 2.02. The zero-order valence-electron chi connectivity index (χ0n) is 13.8.